The molecule has 0 aliphatic carbocycles. The van der Waals surface area contributed by atoms with Crippen LogP contribution in [0.2, 0.25) is 0 Å². The van der Waals surface area contributed by atoms with Crippen molar-refractivity contribution in [3.05, 3.63) is 65.4 Å². The van der Waals surface area contributed by atoms with Gasteiger partial charge in [0.15, 0.2) is 11.5 Å². The van der Waals surface area contributed by atoms with Gasteiger partial charge in [0.05, 0.1) is 24.1 Å². The smallest absolute Gasteiger partial charge is 0.357 e. The number of hydrogen-bond donors (Lipinski definition) is 3. The second-order valence-corrected chi connectivity index (χ2v) is 7.50. The number of carbonyl (C=O) groups excluding carboxylic acids is 1. The number of benzene rings is 1. The minimum Gasteiger partial charge on any atom is -0.464 e. The van der Waals surface area contributed by atoms with Gasteiger partial charge in [-0.05, 0) is 31.5 Å². The van der Waals surface area contributed by atoms with Crippen LogP contribution in [0.15, 0.2) is 42.9 Å². The molecule has 0 amide bonds. The molecule has 0 bridgehead atoms. The second kappa shape index (κ2) is 8.95. The van der Waals surface area contributed by atoms with E-state index in [4.69, 9.17) is 10.5 Å². The summed E-state index contributed by atoms with van der Waals surface area (Å²) in [6, 6.07) is 11.3. The molecule has 1 aromatic carbocycles. The molecule has 11 heteroatoms. The summed E-state index contributed by atoms with van der Waals surface area (Å²) in [5.41, 5.74) is 9.54. The van der Waals surface area contributed by atoms with Gasteiger partial charge in [-0.15, -0.1) is 0 Å². The molecule has 0 aliphatic rings. The predicted molar refractivity (Wildman–Crippen MR) is 128 cm³/mol. The minimum absolute atomic E-state index is 0.0715. The zero-order chi connectivity index (χ0) is 24.4. The SMILES string of the molecule is CNc1cc(-n2nc(C)cc2Nc2cc(-n3cc(C#N)c(N)c3C(=O)OC)ccc2C)ncn1. The van der Waals surface area contributed by atoms with E-state index in [-0.39, 0.29) is 16.9 Å². The maximum absolute atomic E-state index is 12.4. The number of ether oxygens (including phenoxy) is 1. The number of rotatable bonds is 6. The first-order valence-electron chi connectivity index (χ1n) is 10.3. The predicted octanol–water partition coefficient (Wildman–Crippen LogP) is 3.10. The van der Waals surface area contributed by atoms with Crippen LogP contribution in [0.1, 0.15) is 27.3 Å². The number of anilines is 4. The number of nitrogen functional groups attached to an aromatic ring is 1. The molecule has 0 atom stereocenters. The van der Waals surface area contributed by atoms with Crippen molar-refractivity contribution in [1.82, 2.24) is 24.3 Å². The van der Waals surface area contributed by atoms with Crippen molar-refractivity contribution < 1.29 is 9.53 Å². The van der Waals surface area contributed by atoms with Crippen molar-refractivity contribution in [2.45, 2.75) is 13.8 Å². The third-order valence-corrected chi connectivity index (χ3v) is 5.26. The van der Waals surface area contributed by atoms with E-state index in [1.54, 1.807) is 22.4 Å². The Morgan fingerprint density at radius 1 is 1.21 bits per heavy atom. The van der Waals surface area contributed by atoms with Crippen molar-refractivity contribution in [1.29, 1.82) is 5.26 Å². The third kappa shape index (κ3) is 4.00. The average molecular weight is 457 g/mol. The number of aromatic nitrogens is 5. The molecule has 0 fully saturated rings. The van der Waals surface area contributed by atoms with Gasteiger partial charge in [0.25, 0.3) is 0 Å². The Bertz CT molecular complexity index is 1430. The highest BCUT2D eigenvalue weighted by molar-refractivity contribution is 5.96. The molecule has 34 heavy (non-hydrogen) atoms. The van der Waals surface area contributed by atoms with Gasteiger partial charge in [-0.3, -0.25) is 0 Å². The molecule has 0 unspecified atom stereocenters. The van der Waals surface area contributed by atoms with Gasteiger partial charge in [0, 0.05) is 36.8 Å². The third-order valence-electron chi connectivity index (χ3n) is 5.26. The summed E-state index contributed by atoms with van der Waals surface area (Å²) in [5, 5.41) is 20.3. The fourth-order valence-corrected chi connectivity index (χ4v) is 3.51. The van der Waals surface area contributed by atoms with Crippen molar-refractivity contribution in [2.75, 3.05) is 30.5 Å². The van der Waals surface area contributed by atoms with Crippen LogP contribution in [0.5, 0.6) is 0 Å². The van der Waals surface area contributed by atoms with E-state index in [0.29, 0.717) is 23.1 Å². The Hall–Kier alpha value is -4.85. The van der Waals surface area contributed by atoms with Crippen LogP contribution in [0, 0.1) is 25.2 Å². The topological polar surface area (TPSA) is 149 Å². The van der Waals surface area contributed by atoms with E-state index in [2.05, 4.69) is 25.7 Å². The Morgan fingerprint density at radius 3 is 2.71 bits per heavy atom. The van der Waals surface area contributed by atoms with Gasteiger partial charge >= 0.3 is 5.97 Å². The molecule has 0 radical (unpaired) electrons. The summed E-state index contributed by atoms with van der Waals surface area (Å²) < 4.78 is 8.12. The van der Waals surface area contributed by atoms with Crippen LogP contribution in [0.3, 0.4) is 0 Å². The first-order valence-corrected chi connectivity index (χ1v) is 10.3. The molecule has 0 aliphatic heterocycles. The van der Waals surface area contributed by atoms with Crippen molar-refractivity contribution >= 4 is 29.0 Å². The Kier molecular flexibility index (Phi) is 5.88. The van der Waals surface area contributed by atoms with Gasteiger partial charge in [-0.1, -0.05) is 6.07 Å². The first kappa shape index (κ1) is 22.3. The molecule has 11 nitrogen and oxygen atoms in total. The molecular weight excluding hydrogens is 434 g/mol. The lowest BCUT2D eigenvalue weighted by Crippen LogP contribution is -2.11. The van der Waals surface area contributed by atoms with E-state index >= 15 is 0 Å². The van der Waals surface area contributed by atoms with Crippen LogP contribution in [0.25, 0.3) is 11.5 Å². The normalized spacial score (nSPS) is 10.6. The number of nitrogens with zero attached hydrogens (tertiary/aromatic N) is 6. The molecule has 3 heterocycles. The number of aryl methyl sites for hydroxylation is 2. The van der Waals surface area contributed by atoms with Crippen LogP contribution >= 0.6 is 0 Å². The number of nitrogens with one attached hydrogen (secondary N) is 2. The van der Waals surface area contributed by atoms with Gasteiger partial charge < -0.3 is 25.7 Å². The number of nitriles is 1. The van der Waals surface area contributed by atoms with Gasteiger partial charge in [0.2, 0.25) is 0 Å². The summed E-state index contributed by atoms with van der Waals surface area (Å²) in [6.45, 7) is 3.84. The van der Waals surface area contributed by atoms with Crippen LogP contribution < -0.4 is 16.4 Å². The second-order valence-electron chi connectivity index (χ2n) is 7.50. The molecule has 4 aromatic rings. The standard InChI is InChI=1S/C23H23N9O2/c1-13-5-6-16(31-11-15(10-24)21(25)22(31)23(33)34-4)8-17(13)29-20-7-14(2)30-32(20)19-9-18(26-3)27-12-28-19/h5-9,11-12,29H,25H2,1-4H3,(H,26,27,28). The zero-order valence-electron chi connectivity index (χ0n) is 19.1. The van der Waals surface area contributed by atoms with E-state index in [1.807, 2.05) is 44.2 Å². The van der Waals surface area contributed by atoms with E-state index in [0.717, 1.165) is 16.9 Å². The molecule has 0 saturated carbocycles. The number of hydrogen-bond acceptors (Lipinski definition) is 9. The summed E-state index contributed by atoms with van der Waals surface area (Å²) in [7, 11) is 3.05. The number of nitrogens with two attached hydrogens (primary N) is 1. The molecule has 3 aromatic heterocycles. The highest BCUT2D eigenvalue weighted by Gasteiger charge is 2.22. The van der Waals surface area contributed by atoms with Gasteiger partial charge in [0.1, 0.15) is 24.0 Å². The number of esters is 1. The van der Waals surface area contributed by atoms with E-state index in [1.165, 1.54) is 19.6 Å². The van der Waals surface area contributed by atoms with Crippen molar-refractivity contribution in [3.8, 4) is 17.6 Å². The minimum atomic E-state index is -0.633. The maximum Gasteiger partial charge on any atom is 0.357 e. The quantitative estimate of drug-likeness (QED) is 0.371. The summed E-state index contributed by atoms with van der Waals surface area (Å²) in [6.07, 6.45) is 2.98. The van der Waals surface area contributed by atoms with Crippen molar-refractivity contribution in [2.24, 2.45) is 0 Å². The van der Waals surface area contributed by atoms with Crippen LogP contribution in [-0.2, 0) is 4.74 Å². The lowest BCUT2D eigenvalue weighted by molar-refractivity contribution is 0.0593. The van der Waals surface area contributed by atoms with Crippen LogP contribution in [-0.4, -0.2) is 44.4 Å². The molecule has 4 N–H and O–H groups in total. The van der Waals surface area contributed by atoms with Crippen molar-refractivity contribution in [3.63, 3.8) is 0 Å². The number of methoxy groups -OCH3 is 1. The molecule has 0 saturated heterocycles. The monoisotopic (exact) mass is 457 g/mol. The van der Waals surface area contributed by atoms with E-state index < -0.39 is 5.97 Å². The Balaban J connectivity index is 1.78. The fraction of sp³-hybridized carbons (Fsp3) is 0.174. The lowest BCUT2D eigenvalue weighted by atomic mass is 10.1. The van der Waals surface area contributed by atoms with Crippen LogP contribution in [0.4, 0.5) is 23.0 Å². The van der Waals surface area contributed by atoms with E-state index in [9.17, 15) is 10.1 Å². The highest BCUT2D eigenvalue weighted by atomic mass is 16.5. The molecule has 172 valence electrons. The number of carbonyl (C=O) groups is 1. The summed E-state index contributed by atoms with van der Waals surface area (Å²) in [5.74, 6) is 1.31. The zero-order valence-corrected chi connectivity index (χ0v) is 19.1. The average Bonchev–Trinajstić information content (AvgIpc) is 3.38. The lowest BCUT2D eigenvalue weighted by Gasteiger charge is -2.15. The summed E-state index contributed by atoms with van der Waals surface area (Å²) >= 11 is 0. The van der Waals surface area contributed by atoms with Gasteiger partial charge in [-0.25, -0.2) is 14.8 Å². The molecule has 0 spiro atoms. The first-order chi connectivity index (χ1) is 16.4. The molecule has 4 rings (SSSR count). The molecular formula is C23H23N9O2. The Morgan fingerprint density at radius 2 is 2.00 bits per heavy atom. The fourth-order valence-electron chi connectivity index (χ4n) is 3.51. The Labute approximate surface area is 195 Å². The summed E-state index contributed by atoms with van der Waals surface area (Å²) in [4.78, 5) is 20.9. The largest absolute Gasteiger partial charge is 0.464 e. The highest BCUT2D eigenvalue weighted by Crippen LogP contribution is 2.29. The maximum atomic E-state index is 12.4. The van der Waals surface area contributed by atoms with Gasteiger partial charge in [-0.2, -0.15) is 15.0 Å².